The second kappa shape index (κ2) is 5.12. The molecule has 104 valence electrons. The van der Waals surface area contributed by atoms with E-state index in [1.807, 2.05) is 47.7 Å². The first-order chi connectivity index (χ1) is 9.70. The van der Waals surface area contributed by atoms with E-state index in [1.165, 1.54) is 5.56 Å². The van der Waals surface area contributed by atoms with Crippen molar-refractivity contribution in [2.24, 2.45) is 0 Å². The van der Waals surface area contributed by atoms with Gasteiger partial charge in [-0.3, -0.25) is 9.48 Å². The highest BCUT2D eigenvalue weighted by Gasteiger charge is 2.25. The van der Waals surface area contributed by atoms with Gasteiger partial charge in [-0.1, -0.05) is 18.2 Å². The van der Waals surface area contributed by atoms with E-state index in [0.717, 1.165) is 37.3 Å². The van der Waals surface area contributed by atoms with Crippen LogP contribution in [0.5, 0.6) is 0 Å². The Labute approximate surface area is 119 Å². The summed E-state index contributed by atoms with van der Waals surface area (Å²) in [5, 5.41) is 4.40. The molecule has 1 aromatic carbocycles. The van der Waals surface area contributed by atoms with E-state index >= 15 is 0 Å². The lowest BCUT2D eigenvalue weighted by atomic mass is 10.0. The molecule has 0 unspecified atom stereocenters. The maximum atomic E-state index is 12.7. The summed E-state index contributed by atoms with van der Waals surface area (Å²) >= 11 is 0. The van der Waals surface area contributed by atoms with Gasteiger partial charge < -0.3 is 4.90 Å². The Morgan fingerprint density at radius 3 is 2.90 bits per heavy atom. The smallest absolute Gasteiger partial charge is 0.278 e. The molecule has 0 radical (unpaired) electrons. The third-order valence-corrected chi connectivity index (χ3v) is 3.86. The van der Waals surface area contributed by atoms with E-state index in [1.54, 1.807) is 0 Å². The van der Waals surface area contributed by atoms with Crippen LogP contribution in [0, 0.1) is 6.92 Å². The molecule has 1 aliphatic rings. The van der Waals surface area contributed by atoms with Gasteiger partial charge in [0.25, 0.3) is 5.91 Å². The van der Waals surface area contributed by atoms with Gasteiger partial charge in [0, 0.05) is 24.5 Å². The van der Waals surface area contributed by atoms with Crippen LogP contribution in [0.15, 0.2) is 30.3 Å². The first-order valence-corrected chi connectivity index (χ1v) is 7.15. The van der Waals surface area contributed by atoms with Crippen LogP contribution < -0.4 is 4.90 Å². The number of aryl methyl sites for hydroxylation is 3. The third kappa shape index (κ3) is 2.11. The predicted molar refractivity (Wildman–Crippen MR) is 79.1 cm³/mol. The van der Waals surface area contributed by atoms with Crippen molar-refractivity contribution in [3.63, 3.8) is 0 Å². The molecule has 0 N–H and O–H groups in total. The van der Waals surface area contributed by atoms with Crippen molar-refractivity contribution < 1.29 is 4.79 Å². The molecule has 4 nitrogen and oxygen atoms in total. The van der Waals surface area contributed by atoms with Crippen LogP contribution in [0.2, 0.25) is 0 Å². The Kier molecular flexibility index (Phi) is 3.30. The highest BCUT2D eigenvalue weighted by atomic mass is 16.2. The molecule has 0 spiro atoms. The van der Waals surface area contributed by atoms with Crippen LogP contribution in [-0.4, -0.2) is 22.2 Å². The van der Waals surface area contributed by atoms with Gasteiger partial charge in [0.15, 0.2) is 5.69 Å². The lowest BCUT2D eigenvalue weighted by Crippen LogP contribution is -2.35. The lowest BCUT2D eigenvalue weighted by molar-refractivity contribution is 0.0979. The minimum atomic E-state index is 0.00690. The molecule has 1 amide bonds. The molecule has 0 fully saturated rings. The summed E-state index contributed by atoms with van der Waals surface area (Å²) in [7, 11) is 0. The fourth-order valence-electron chi connectivity index (χ4n) is 2.82. The number of hydrogen-bond acceptors (Lipinski definition) is 2. The fraction of sp³-hybridized carbons (Fsp3) is 0.375. The Morgan fingerprint density at radius 1 is 1.35 bits per heavy atom. The molecule has 1 aromatic heterocycles. The average molecular weight is 269 g/mol. The number of amides is 1. The van der Waals surface area contributed by atoms with Gasteiger partial charge in [0.2, 0.25) is 0 Å². The molecule has 4 heteroatoms. The maximum Gasteiger partial charge on any atom is 0.278 e. The van der Waals surface area contributed by atoms with Crippen molar-refractivity contribution in [3.05, 3.63) is 47.3 Å². The van der Waals surface area contributed by atoms with E-state index in [4.69, 9.17) is 0 Å². The number of rotatable bonds is 2. The highest BCUT2D eigenvalue weighted by Crippen LogP contribution is 2.27. The van der Waals surface area contributed by atoms with Crippen LogP contribution in [0.4, 0.5) is 5.69 Å². The summed E-state index contributed by atoms with van der Waals surface area (Å²) in [6, 6.07) is 10.0. The topological polar surface area (TPSA) is 38.1 Å². The highest BCUT2D eigenvalue weighted by molar-refractivity contribution is 6.05. The van der Waals surface area contributed by atoms with Crippen molar-refractivity contribution >= 4 is 11.6 Å². The van der Waals surface area contributed by atoms with E-state index in [-0.39, 0.29) is 5.91 Å². The monoisotopic (exact) mass is 269 g/mol. The minimum Gasteiger partial charge on any atom is -0.307 e. The predicted octanol–water partition coefficient (Wildman–Crippen LogP) is 2.80. The average Bonchev–Trinajstić information content (AvgIpc) is 2.87. The number of anilines is 1. The number of benzene rings is 1. The molecule has 20 heavy (non-hydrogen) atoms. The quantitative estimate of drug-likeness (QED) is 0.840. The Hall–Kier alpha value is -2.10. The van der Waals surface area contributed by atoms with Gasteiger partial charge >= 0.3 is 0 Å². The van der Waals surface area contributed by atoms with Crippen molar-refractivity contribution in [2.45, 2.75) is 33.2 Å². The molecule has 0 atom stereocenters. The summed E-state index contributed by atoms with van der Waals surface area (Å²) in [4.78, 5) is 14.6. The number of para-hydroxylation sites is 1. The summed E-state index contributed by atoms with van der Waals surface area (Å²) in [5.41, 5.74) is 3.85. The first-order valence-electron chi connectivity index (χ1n) is 7.15. The normalized spacial score (nSPS) is 14.2. The maximum absolute atomic E-state index is 12.7. The lowest BCUT2D eigenvalue weighted by Gasteiger charge is -2.28. The van der Waals surface area contributed by atoms with Crippen LogP contribution >= 0.6 is 0 Å². The van der Waals surface area contributed by atoms with E-state index < -0.39 is 0 Å². The molecule has 0 saturated carbocycles. The summed E-state index contributed by atoms with van der Waals surface area (Å²) in [6.07, 6.45) is 2.05. The second-order valence-corrected chi connectivity index (χ2v) is 5.18. The molecular weight excluding hydrogens is 250 g/mol. The number of carbonyl (C=O) groups is 1. The van der Waals surface area contributed by atoms with E-state index in [9.17, 15) is 4.79 Å². The Morgan fingerprint density at radius 2 is 2.15 bits per heavy atom. The number of nitrogens with zero attached hydrogens (tertiary/aromatic N) is 3. The van der Waals surface area contributed by atoms with Gasteiger partial charge in [-0.2, -0.15) is 5.10 Å². The first kappa shape index (κ1) is 12.9. The van der Waals surface area contributed by atoms with Crippen LogP contribution in [-0.2, 0) is 13.0 Å². The minimum absolute atomic E-state index is 0.00690. The van der Waals surface area contributed by atoms with Gasteiger partial charge in [0.05, 0.1) is 0 Å². The largest absolute Gasteiger partial charge is 0.307 e. The molecule has 2 aromatic rings. The van der Waals surface area contributed by atoms with Crippen LogP contribution in [0.3, 0.4) is 0 Å². The zero-order chi connectivity index (χ0) is 14.1. The third-order valence-electron chi connectivity index (χ3n) is 3.86. The molecule has 0 aliphatic carbocycles. The number of aromatic nitrogens is 2. The Balaban J connectivity index is 1.95. The summed E-state index contributed by atoms with van der Waals surface area (Å²) < 4.78 is 1.86. The van der Waals surface area contributed by atoms with Crippen LogP contribution in [0.1, 0.15) is 35.1 Å². The van der Waals surface area contributed by atoms with Crippen LogP contribution in [0.25, 0.3) is 0 Å². The number of hydrogen-bond donors (Lipinski definition) is 0. The molecule has 3 rings (SSSR count). The summed E-state index contributed by atoms with van der Waals surface area (Å²) in [6.45, 7) is 5.57. The molecule has 0 bridgehead atoms. The van der Waals surface area contributed by atoms with Crippen molar-refractivity contribution in [1.29, 1.82) is 0 Å². The SMILES string of the molecule is CCn1nc(C(=O)N2CCCc3ccccc32)cc1C. The molecule has 2 heterocycles. The van der Waals surface area contributed by atoms with Crippen molar-refractivity contribution in [2.75, 3.05) is 11.4 Å². The fourth-order valence-corrected chi connectivity index (χ4v) is 2.82. The van der Waals surface area contributed by atoms with E-state index in [2.05, 4.69) is 11.2 Å². The van der Waals surface area contributed by atoms with E-state index in [0.29, 0.717) is 5.69 Å². The van der Waals surface area contributed by atoms with Crippen molar-refractivity contribution in [3.8, 4) is 0 Å². The summed E-state index contributed by atoms with van der Waals surface area (Å²) in [5.74, 6) is 0.00690. The number of fused-ring (bicyclic) bond motifs is 1. The van der Waals surface area contributed by atoms with Gasteiger partial charge in [-0.05, 0) is 44.4 Å². The Bertz CT molecular complexity index is 645. The van der Waals surface area contributed by atoms with Gasteiger partial charge in [0.1, 0.15) is 0 Å². The zero-order valence-corrected chi connectivity index (χ0v) is 12.0. The standard InChI is InChI=1S/C16H19N3O/c1-3-19-12(2)11-14(17-19)16(20)18-10-6-8-13-7-4-5-9-15(13)18/h4-5,7,9,11H,3,6,8,10H2,1-2H3. The molecule has 1 aliphatic heterocycles. The van der Waals surface area contributed by atoms with Crippen molar-refractivity contribution in [1.82, 2.24) is 9.78 Å². The second-order valence-electron chi connectivity index (χ2n) is 5.18. The van der Waals surface area contributed by atoms with Gasteiger partial charge in [-0.25, -0.2) is 0 Å². The molecule has 0 saturated heterocycles. The zero-order valence-electron chi connectivity index (χ0n) is 12.0. The number of carbonyl (C=O) groups excluding carboxylic acids is 1. The van der Waals surface area contributed by atoms with Gasteiger partial charge in [-0.15, -0.1) is 0 Å². The molecular formula is C16H19N3O.